The molecule has 0 aliphatic carbocycles. The Balaban J connectivity index is 3.89. The second-order valence-electron chi connectivity index (χ2n) is 1.95. The van der Waals surface area contributed by atoms with Gasteiger partial charge in [0, 0.05) is 12.8 Å². The van der Waals surface area contributed by atoms with Crippen molar-refractivity contribution in [1.82, 2.24) is 0 Å². The molecule has 11 heavy (non-hydrogen) atoms. The second-order valence-corrected chi connectivity index (χ2v) is 1.95. The van der Waals surface area contributed by atoms with Gasteiger partial charge in [-0.05, 0) is 12.2 Å². The van der Waals surface area contributed by atoms with Gasteiger partial charge < -0.3 is 20.9 Å². The maximum atomic E-state index is 5.47. The zero-order chi connectivity index (χ0) is 8.69. The number of hydrogen-bond acceptors (Lipinski definition) is 4. The molecule has 0 atom stereocenters. The van der Waals surface area contributed by atoms with Crippen LogP contribution in [0, 0.1) is 0 Å². The summed E-state index contributed by atoms with van der Waals surface area (Å²) in [5.74, 6) is 0.323. The lowest BCUT2D eigenvalue weighted by Crippen LogP contribution is -2.05. The van der Waals surface area contributed by atoms with E-state index in [-0.39, 0.29) is 0 Å². The van der Waals surface area contributed by atoms with Gasteiger partial charge in [0.15, 0.2) is 5.88 Å². The predicted molar refractivity (Wildman–Crippen MR) is 43.4 cm³/mol. The highest BCUT2D eigenvalue weighted by Gasteiger charge is 1.86. The quantitative estimate of drug-likeness (QED) is 0.443. The van der Waals surface area contributed by atoms with Gasteiger partial charge in [0.2, 0.25) is 0 Å². The normalized spacial score (nSPS) is 13.3. The highest BCUT2D eigenvalue weighted by Crippen LogP contribution is 1.89. The van der Waals surface area contributed by atoms with Crippen molar-refractivity contribution in [3.63, 3.8) is 0 Å². The van der Waals surface area contributed by atoms with E-state index in [0.29, 0.717) is 18.2 Å². The summed E-state index contributed by atoms with van der Waals surface area (Å²) in [5, 5.41) is 0. The van der Waals surface area contributed by atoms with E-state index in [1.54, 1.807) is 19.3 Å². The molecular formula is C7H14N2O2. The van der Waals surface area contributed by atoms with E-state index in [0.717, 1.165) is 0 Å². The summed E-state index contributed by atoms with van der Waals surface area (Å²) in [6.45, 7) is 0.396. The van der Waals surface area contributed by atoms with Crippen LogP contribution in [0.3, 0.4) is 0 Å². The van der Waals surface area contributed by atoms with Gasteiger partial charge >= 0.3 is 0 Å². The standard InChI is InChI=1S/C7H14N2O2/c1-10-5-6(8)3-4-7(9)11-2/h3-4H,5,8-9H2,1-2H3/b6-3-,7-4+. The average molecular weight is 158 g/mol. The lowest BCUT2D eigenvalue weighted by atomic mass is 10.4. The molecule has 0 saturated carbocycles. The maximum absolute atomic E-state index is 5.47. The molecule has 0 aliphatic rings. The molecule has 0 bridgehead atoms. The van der Waals surface area contributed by atoms with Gasteiger partial charge in [-0.3, -0.25) is 0 Å². The molecule has 4 nitrogen and oxygen atoms in total. The molecule has 0 spiro atoms. The Morgan fingerprint density at radius 2 is 1.91 bits per heavy atom. The Labute approximate surface area is 66.5 Å². The van der Waals surface area contributed by atoms with Crippen LogP contribution >= 0.6 is 0 Å². The number of hydrogen-bond donors (Lipinski definition) is 2. The topological polar surface area (TPSA) is 70.5 Å². The average Bonchev–Trinajstić information content (AvgIpc) is 2.01. The van der Waals surface area contributed by atoms with E-state index in [9.17, 15) is 0 Å². The highest BCUT2D eigenvalue weighted by atomic mass is 16.5. The van der Waals surface area contributed by atoms with E-state index < -0.39 is 0 Å². The van der Waals surface area contributed by atoms with E-state index in [1.165, 1.54) is 7.11 Å². The molecule has 0 radical (unpaired) electrons. The monoisotopic (exact) mass is 158 g/mol. The van der Waals surface area contributed by atoms with Gasteiger partial charge in [-0.1, -0.05) is 0 Å². The minimum atomic E-state index is 0.323. The molecule has 0 aromatic rings. The van der Waals surface area contributed by atoms with Gasteiger partial charge in [0.25, 0.3) is 0 Å². The van der Waals surface area contributed by atoms with Crippen molar-refractivity contribution in [3.8, 4) is 0 Å². The third-order valence-corrected chi connectivity index (χ3v) is 1.01. The number of methoxy groups -OCH3 is 2. The van der Waals surface area contributed by atoms with Crippen molar-refractivity contribution in [3.05, 3.63) is 23.7 Å². The Kier molecular flexibility index (Phi) is 5.02. The van der Waals surface area contributed by atoms with Crippen LogP contribution in [0.15, 0.2) is 23.7 Å². The van der Waals surface area contributed by atoms with Crippen molar-refractivity contribution in [2.75, 3.05) is 20.8 Å². The Morgan fingerprint density at radius 1 is 1.27 bits per heavy atom. The third-order valence-electron chi connectivity index (χ3n) is 1.01. The van der Waals surface area contributed by atoms with Crippen molar-refractivity contribution < 1.29 is 9.47 Å². The summed E-state index contributed by atoms with van der Waals surface area (Å²) < 4.78 is 9.44. The molecule has 0 rings (SSSR count). The summed E-state index contributed by atoms with van der Waals surface area (Å²) in [6.07, 6.45) is 3.22. The largest absolute Gasteiger partial charge is 0.483 e. The number of nitrogens with two attached hydrogens (primary N) is 2. The van der Waals surface area contributed by atoms with Gasteiger partial charge in [0.05, 0.1) is 13.7 Å². The van der Waals surface area contributed by atoms with Crippen molar-refractivity contribution in [1.29, 1.82) is 0 Å². The van der Waals surface area contributed by atoms with Gasteiger partial charge in [-0.25, -0.2) is 0 Å². The number of ether oxygens (including phenoxy) is 2. The smallest absolute Gasteiger partial charge is 0.183 e. The first-order valence-electron chi connectivity index (χ1n) is 3.15. The Morgan fingerprint density at radius 3 is 2.36 bits per heavy atom. The Hall–Kier alpha value is -1.16. The lowest BCUT2D eigenvalue weighted by Gasteiger charge is -1.97. The van der Waals surface area contributed by atoms with E-state index >= 15 is 0 Å². The SMILES string of the molecule is COC/C(N)=C/C=C(\N)OC. The van der Waals surface area contributed by atoms with E-state index in [1.807, 2.05) is 0 Å². The van der Waals surface area contributed by atoms with Crippen molar-refractivity contribution in [2.45, 2.75) is 0 Å². The first-order chi connectivity index (χ1) is 5.20. The summed E-state index contributed by atoms with van der Waals surface area (Å²) in [4.78, 5) is 0. The predicted octanol–water partition coefficient (Wildman–Crippen LogP) is -0.0781. The maximum Gasteiger partial charge on any atom is 0.183 e. The van der Waals surface area contributed by atoms with Gasteiger partial charge in [-0.15, -0.1) is 0 Å². The first-order valence-corrected chi connectivity index (χ1v) is 3.15. The van der Waals surface area contributed by atoms with Crippen LogP contribution in [-0.2, 0) is 9.47 Å². The van der Waals surface area contributed by atoms with Crippen molar-refractivity contribution in [2.24, 2.45) is 11.5 Å². The molecule has 0 aromatic carbocycles. The molecule has 64 valence electrons. The molecule has 0 aliphatic heterocycles. The fraction of sp³-hybridized carbons (Fsp3) is 0.429. The third kappa shape index (κ3) is 5.29. The summed E-state index contributed by atoms with van der Waals surface area (Å²) >= 11 is 0. The zero-order valence-corrected chi connectivity index (χ0v) is 6.83. The Bertz CT molecular complexity index is 164. The molecule has 0 aromatic heterocycles. The number of allylic oxidation sites excluding steroid dienone is 2. The number of rotatable bonds is 4. The van der Waals surface area contributed by atoms with Gasteiger partial charge in [0.1, 0.15) is 0 Å². The molecule has 4 N–H and O–H groups in total. The molecule has 0 fully saturated rings. The molecule has 0 amide bonds. The lowest BCUT2D eigenvalue weighted by molar-refractivity contribution is 0.224. The molecule has 0 heterocycles. The molecule has 4 heteroatoms. The van der Waals surface area contributed by atoms with Crippen LogP contribution in [0.1, 0.15) is 0 Å². The van der Waals surface area contributed by atoms with E-state index in [2.05, 4.69) is 4.74 Å². The highest BCUT2D eigenvalue weighted by molar-refractivity contribution is 5.11. The minimum absolute atomic E-state index is 0.323. The van der Waals surface area contributed by atoms with Crippen LogP contribution < -0.4 is 11.5 Å². The summed E-state index contributed by atoms with van der Waals surface area (Å²) in [7, 11) is 3.07. The van der Waals surface area contributed by atoms with Gasteiger partial charge in [-0.2, -0.15) is 0 Å². The molecule has 0 unspecified atom stereocenters. The van der Waals surface area contributed by atoms with Crippen molar-refractivity contribution >= 4 is 0 Å². The first kappa shape index (κ1) is 9.84. The van der Waals surface area contributed by atoms with E-state index in [4.69, 9.17) is 16.2 Å². The second kappa shape index (κ2) is 5.61. The zero-order valence-electron chi connectivity index (χ0n) is 6.83. The van der Waals surface area contributed by atoms with Crippen LogP contribution in [0.5, 0.6) is 0 Å². The van der Waals surface area contributed by atoms with Crippen LogP contribution in [0.2, 0.25) is 0 Å². The fourth-order valence-corrected chi connectivity index (χ4v) is 0.472. The molecular weight excluding hydrogens is 144 g/mol. The van der Waals surface area contributed by atoms with Crippen LogP contribution in [0.25, 0.3) is 0 Å². The summed E-state index contributed by atoms with van der Waals surface area (Å²) in [5.41, 5.74) is 11.4. The van der Waals surface area contributed by atoms with Crippen LogP contribution in [0.4, 0.5) is 0 Å². The minimum Gasteiger partial charge on any atom is -0.483 e. The molecule has 0 saturated heterocycles. The summed E-state index contributed by atoms with van der Waals surface area (Å²) in [6, 6.07) is 0. The van der Waals surface area contributed by atoms with Crippen LogP contribution in [-0.4, -0.2) is 20.8 Å². The fourth-order valence-electron chi connectivity index (χ4n) is 0.472.